The van der Waals surface area contributed by atoms with Crippen LogP contribution in [0.25, 0.3) is 11.0 Å². The lowest BCUT2D eigenvalue weighted by Crippen LogP contribution is -2.36. The number of aliphatic hydroxyl groups excluding tert-OH is 1. The lowest BCUT2D eigenvalue weighted by Gasteiger charge is -2.27. The van der Waals surface area contributed by atoms with Gasteiger partial charge in [0.2, 0.25) is 5.78 Å². The van der Waals surface area contributed by atoms with Crippen LogP contribution in [0.5, 0.6) is 0 Å². The summed E-state index contributed by atoms with van der Waals surface area (Å²) in [4.78, 5) is 40.1. The Morgan fingerprint density at radius 1 is 1.19 bits per heavy atom. The van der Waals surface area contributed by atoms with Gasteiger partial charge in [-0.3, -0.25) is 19.7 Å². The maximum absolute atomic E-state index is 13.4. The monoisotopic (exact) mass is 435 g/mol. The third-order valence-electron chi connectivity index (χ3n) is 5.41. The third kappa shape index (κ3) is 3.74. The lowest BCUT2D eigenvalue weighted by atomic mass is 9.95. The first-order valence-electron chi connectivity index (χ1n) is 9.94. The molecule has 2 aromatic carbocycles. The molecule has 4 rings (SSSR count). The largest absolute Gasteiger partial charge is 0.503 e. The summed E-state index contributed by atoms with van der Waals surface area (Å²) < 4.78 is 5.67. The number of nitrogens with zero attached hydrogens (tertiary/aromatic N) is 3. The summed E-state index contributed by atoms with van der Waals surface area (Å²) in [6.45, 7) is 0.739. The summed E-state index contributed by atoms with van der Waals surface area (Å²) in [5.41, 5.74) is 0.765. The Morgan fingerprint density at radius 3 is 2.50 bits per heavy atom. The Bertz CT molecular complexity index is 1210. The number of rotatable bonds is 7. The van der Waals surface area contributed by atoms with Crippen molar-refractivity contribution in [1.29, 1.82) is 0 Å². The highest BCUT2D eigenvalue weighted by Crippen LogP contribution is 2.39. The second-order valence-electron chi connectivity index (χ2n) is 7.79. The van der Waals surface area contributed by atoms with Gasteiger partial charge in [-0.1, -0.05) is 18.2 Å². The van der Waals surface area contributed by atoms with E-state index in [0.29, 0.717) is 17.7 Å². The molecule has 1 atom stereocenters. The van der Waals surface area contributed by atoms with Crippen molar-refractivity contribution in [2.24, 2.45) is 0 Å². The molecule has 0 spiro atoms. The van der Waals surface area contributed by atoms with E-state index in [9.17, 15) is 24.8 Å². The van der Waals surface area contributed by atoms with Gasteiger partial charge in [-0.05, 0) is 43.9 Å². The molecule has 1 N–H and O–H groups in total. The smallest absolute Gasteiger partial charge is 0.290 e. The Morgan fingerprint density at radius 2 is 1.88 bits per heavy atom. The van der Waals surface area contributed by atoms with Crippen molar-refractivity contribution in [2.45, 2.75) is 6.04 Å². The fraction of sp³-hybridized carbons (Fsp3) is 0.217. The highest BCUT2D eigenvalue weighted by molar-refractivity contribution is 6.16. The van der Waals surface area contributed by atoms with Crippen molar-refractivity contribution in [1.82, 2.24) is 9.80 Å². The van der Waals surface area contributed by atoms with Gasteiger partial charge in [0.1, 0.15) is 5.58 Å². The van der Waals surface area contributed by atoms with E-state index in [2.05, 4.69) is 0 Å². The molecule has 0 bridgehead atoms. The SMILES string of the molecule is CN(C)CCN1C(=O)C(O)=C(C(=O)c2cc3ccccc3o2)[C@@H]1c1ccc([N+](=O)[O-])cc1. The summed E-state index contributed by atoms with van der Waals surface area (Å²) in [6.07, 6.45) is 0. The molecule has 2 heterocycles. The quantitative estimate of drug-likeness (QED) is 0.343. The standard InChI is InChI=1S/C23H21N3O6/c1-24(2)11-12-25-20(14-7-9-16(10-8-14)26(30)31)19(22(28)23(25)29)21(27)18-13-15-5-3-4-6-17(15)32-18/h3-10,13,20,28H,11-12H2,1-2H3/t20-/m0/s1. The molecule has 0 saturated carbocycles. The van der Waals surface area contributed by atoms with Gasteiger partial charge in [-0.15, -0.1) is 0 Å². The average molecular weight is 435 g/mol. The summed E-state index contributed by atoms with van der Waals surface area (Å²) in [6, 6.07) is 13.4. The summed E-state index contributed by atoms with van der Waals surface area (Å²) in [5.74, 6) is -1.92. The predicted octanol–water partition coefficient (Wildman–Crippen LogP) is 3.48. The van der Waals surface area contributed by atoms with E-state index in [1.807, 2.05) is 25.1 Å². The maximum atomic E-state index is 13.4. The molecule has 0 aliphatic carbocycles. The number of hydrogen-bond acceptors (Lipinski definition) is 7. The molecular formula is C23H21N3O6. The second-order valence-corrected chi connectivity index (χ2v) is 7.79. The molecule has 9 heteroatoms. The van der Waals surface area contributed by atoms with Crippen LogP contribution in [0.1, 0.15) is 22.2 Å². The van der Waals surface area contributed by atoms with Crippen molar-refractivity contribution >= 4 is 28.3 Å². The van der Waals surface area contributed by atoms with Gasteiger partial charge in [0.05, 0.1) is 16.5 Å². The number of aliphatic hydroxyl groups is 1. The number of benzene rings is 2. The van der Waals surface area contributed by atoms with Gasteiger partial charge < -0.3 is 19.3 Å². The zero-order valence-corrected chi connectivity index (χ0v) is 17.5. The number of nitro groups is 1. The van der Waals surface area contributed by atoms with E-state index in [-0.39, 0.29) is 23.6 Å². The maximum Gasteiger partial charge on any atom is 0.290 e. The number of nitro benzene ring substituents is 1. The molecule has 1 amide bonds. The summed E-state index contributed by atoms with van der Waals surface area (Å²) >= 11 is 0. The van der Waals surface area contributed by atoms with Crippen LogP contribution in [0, 0.1) is 10.1 Å². The van der Waals surface area contributed by atoms with Crippen LogP contribution in [0.3, 0.4) is 0 Å². The summed E-state index contributed by atoms with van der Waals surface area (Å²) in [5, 5.41) is 22.4. The van der Waals surface area contributed by atoms with Gasteiger partial charge in [0, 0.05) is 30.6 Å². The molecular weight excluding hydrogens is 414 g/mol. The van der Waals surface area contributed by atoms with Crippen LogP contribution >= 0.6 is 0 Å². The van der Waals surface area contributed by atoms with Crippen molar-refractivity contribution < 1.29 is 24.0 Å². The van der Waals surface area contributed by atoms with E-state index >= 15 is 0 Å². The van der Waals surface area contributed by atoms with Gasteiger partial charge in [-0.25, -0.2) is 0 Å². The van der Waals surface area contributed by atoms with Crippen LogP contribution < -0.4 is 0 Å². The molecule has 164 valence electrons. The third-order valence-corrected chi connectivity index (χ3v) is 5.41. The summed E-state index contributed by atoms with van der Waals surface area (Å²) in [7, 11) is 3.68. The molecule has 1 aliphatic rings. The minimum absolute atomic E-state index is 0.00178. The number of hydrogen-bond donors (Lipinski definition) is 1. The van der Waals surface area contributed by atoms with Crippen LogP contribution in [0.15, 0.2) is 70.3 Å². The van der Waals surface area contributed by atoms with Gasteiger partial charge in [0.15, 0.2) is 11.5 Å². The van der Waals surface area contributed by atoms with E-state index in [4.69, 9.17) is 4.42 Å². The number of non-ortho nitro benzene ring substituents is 1. The number of furan rings is 1. The highest BCUT2D eigenvalue weighted by Gasteiger charge is 2.44. The molecule has 0 unspecified atom stereocenters. The Labute approximate surface area is 183 Å². The van der Waals surface area contributed by atoms with E-state index in [1.54, 1.807) is 24.3 Å². The fourth-order valence-electron chi connectivity index (χ4n) is 3.78. The average Bonchev–Trinajstić information content (AvgIpc) is 3.31. The Kier molecular flexibility index (Phi) is 5.50. The normalized spacial score (nSPS) is 16.4. The van der Waals surface area contributed by atoms with Crippen molar-refractivity contribution in [3.05, 3.63) is 87.4 Å². The van der Waals surface area contributed by atoms with Crippen LogP contribution in [0.2, 0.25) is 0 Å². The molecule has 3 aromatic rings. The van der Waals surface area contributed by atoms with Crippen LogP contribution in [-0.4, -0.2) is 58.7 Å². The molecule has 0 radical (unpaired) electrons. The number of carbonyl (C=O) groups is 2. The number of carbonyl (C=O) groups excluding carboxylic acids is 2. The molecule has 1 aliphatic heterocycles. The first kappa shape index (κ1) is 21.3. The topological polar surface area (TPSA) is 117 Å². The minimum atomic E-state index is -0.899. The lowest BCUT2D eigenvalue weighted by molar-refractivity contribution is -0.384. The second kappa shape index (κ2) is 8.27. The van der Waals surface area contributed by atoms with Gasteiger partial charge in [0.25, 0.3) is 11.6 Å². The fourth-order valence-corrected chi connectivity index (χ4v) is 3.78. The molecule has 32 heavy (non-hydrogen) atoms. The number of amides is 1. The van der Waals surface area contributed by atoms with Crippen molar-refractivity contribution in [2.75, 3.05) is 27.2 Å². The zero-order valence-electron chi connectivity index (χ0n) is 17.5. The van der Waals surface area contributed by atoms with Crippen LogP contribution in [0.4, 0.5) is 5.69 Å². The number of fused-ring (bicyclic) bond motifs is 1. The van der Waals surface area contributed by atoms with Gasteiger partial charge in [-0.2, -0.15) is 0 Å². The first-order chi connectivity index (χ1) is 15.3. The zero-order chi connectivity index (χ0) is 23.0. The molecule has 0 fully saturated rings. The molecule has 0 saturated heterocycles. The van der Waals surface area contributed by atoms with Crippen LogP contribution in [-0.2, 0) is 4.79 Å². The van der Waals surface area contributed by atoms with E-state index < -0.39 is 28.4 Å². The number of ketones is 1. The molecule has 9 nitrogen and oxygen atoms in total. The number of para-hydroxylation sites is 1. The van der Waals surface area contributed by atoms with Gasteiger partial charge >= 0.3 is 0 Å². The highest BCUT2D eigenvalue weighted by atomic mass is 16.6. The predicted molar refractivity (Wildman–Crippen MR) is 116 cm³/mol. The van der Waals surface area contributed by atoms with E-state index in [0.717, 1.165) is 5.39 Å². The molecule has 1 aromatic heterocycles. The number of likely N-dealkylation sites (N-methyl/N-ethyl adjacent to an activating group) is 1. The van der Waals surface area contributed by atoms with Crippen molar-refractivity contribution in [3.8, 4) is 0 Å². The van der Waals surface area contributed by atoms with Crippen molar-refractivity contribution in [3.63, 3.8) is 0 Å². The first-order valence-corrected chi connectivity index (χ1v) is 9.94. The minimum Gasteiger partial charge on any atom is -0.503 e. The van der Waals surface area contributed by atoms with E-state index in [1.165, 1.54) is 29.2 Å². The Balaban J connectivity index is 1.78. The Hall–Kier alpha value is -3.98. The number of Topliss-reactive ketones (excluding diaryl/α,β-unsaturated/α-hetero) is 1.